The lowest BCUT2D eigenvalue weighted by atomic mass is 9.96. The van der Waals surface area contributed by atoms with E-state index in [1.165, 1.54) is 21.3 Å². The van der Waals surface area contributed by atoms with Crippen molar-refractivity contribution in [2.45, 2.75) is 37.6 Å². The first-order valence-corrected chi connectivity index (χ1v) is 10.6. The van der Waals surface area contributed by atoms with Crippen molar-refractivity contribution in [2.24, 2.45) is 5.92 Å². The number of nitriles is 1. The summed E-state index contributed by atoms with van der Waals surface area (Å²) >= 11 is 0. The Morgan fingerprint density at radius 2 is 1.89 bits per heavy atom. The molecule has 0 spiro atoms. The number of piperidine rings is 1. The van der Waals surface area contributed by atoms with Crippen molar-refractivity contribution in [3.8, 4) is 6.07 Å². The minimum absolute atomic E-state index is 0.000681. The molecule has 0 bridgehead atoms. The number of benzene rings is 1. The van der Waals surface area contributed by atoms with E-state index in [0.717, 1.165) is 0 Å². The van der Waals surface area contributed by atoms with Crippen LogP contribution in [0.25, 0.3) is 0 Å². The Kier molecular flexibility index (Phi) is 7.16. The van der Waals surface area contributed by atoms with E-state index in [9.17, 15) is 18.0 Å². The number of nitrogens with zero attached hydrogens (tertiary/aromatic N) is 3. The molecule has 0 aliphatic carbocycles. The van der Waals surface area contributed by atoms with Gasteiger partial charge >= 0.3 is 0 Å². The summed E-state index contributed by atoms with van der Waals surface area (Å²) in [6.45, 7) is 4.07. The minimum Gasteiger partial charge on any atom is -0.352 e. The van der Waals surface area contributed by atoms with E-state index in [4.69, 9.17) is 5.26 Å². The molecule has 1 heterocycles. The van der Waals surface area contributed by atoms with E-state index in [1.54, 1.807) is 19.2 Å². The Labute approximate surface area is 166 Å². The molecule has 2 amide bonds. The lowest BCUT2D eigenvalue weighted by Crippen LogP contribution is -2.46. The molecule has 1 aliphatic heterocycles. The van der Waals surface area contributed by atoms with Crippen molar-refractivity contribution < 1.29 is 18.0 Å². The Morgan fingerprint density at radius 3 is 2.46 bits per heavy atom. The van der Waals surface area contributed by atoms with Gasteiger partial charge in [0.1, 0.15) is 6.07 Å². The topological polar surface area (TPSA) is 111 Å². The summed E-state index contributed by atoms with van der Waals surface area (Å²) in [6, 6.07) is 8.01. The van der Waals surface area contributed by atoms with Crippen LogP contribution in [-0.4, -0.2) is 62.2 Å². The van der Waals surface area contributed by atoms with Gasteiger partial charge in [-0.15, -0.1) is 0 Å². The summed E-state index contributed by atoms with van der Waals surface area (Å²) in [7, 11) is -2.21. The van der Waals surface area contributed by atoms with Gasteiger partial charge in [-0.05, 0) is 38.8 Å². The molecule has 1 N–H and O–H groups in total. The molecule has 1 saturated heterocycles. The molecule has 1 fully saturated rings. The molecular weight excluding hydrogens is 380 g/mol. The highest BCUT2D eigenvalue weighted by Crippen LogP contribution is 2.26. The molecule has 1 aliphatic rings. The maximum atomic E-state index is 12.9. The first kappa shape index (κ1) is 21.9. The molecule has 0 saturated carbocycles. The van der Waals surface area contributed by atoms with Gasteiger partial charge in [-0.25, -0.2) is 8.42 Å². The molecule has 152 valence electrons. The van der Waals surface area contributed by atoms with Crippen LogP contribution in [0.2, 0.25) is 0 Å². The van der Waals surface area contributed by atoms with E-state index in [0.29, 0.717) is 12.8 Å². The maximum Gasteiger partial charge on any atom is 0.244 e. The van der Waals surface area contributed by atoms with E-state index in [2.05, 4.69) is 5.32 Å². The standard InChI is InChI=1S/C19H26N4O4S/c1-14(2)21-18(24)13-22(3)19(25)15-8-10-23(11-9-15)28(26,27)17-7-5-4-6-16(17)12-20/h4-7,14-15H,8-11,13H2,1-3H3,(H,21,24). The molecule has 28 heavy (non-hydrogen) atoms. The normalized spacial score (nSPS) is 15.8. The Hall–Kier alpha value is -2.44. The van der Waals surface area contributed by atoms with Crippen LogP contribution in [0.15, 0.2) is 29.2 Å². The molecule has 0 atom stereocenters. The highest BCUT2D eigenvalue weighted by Gasteiger charge is 2.34. The molecule has 2 rings (SSSR count). The van der Waals surface area contributed by atoms with Crippen LogP contribution in [0.5, 0.6) is 0 Å². The fourth-order valence-electron chi connectivity index (χ4n) is 3.24. The quantitative estimate of drug-likeness (QED) is 0.756. The second-order valence-electron chi connectivity index (χ2n) is 7.20. The summed E-state index contributed by atoms with van der Waals surface area (Å²) in [4.78, 5) is 25.8. The number of sulfonamides is 1. The number of amides is 2. The first-order chi connectivity index (χ1) is 13.2. The minimum atomic E-state index is -3.78. The second-order valence-corrected chi connectivity index (χ2v) is 9.11. The summed E-state index contributed by atoms with van der Waals surface area (Å²) in [5, 5.41) is 11.9. The Balaban J connectivity index is 1.99. The smallest absolute Gasteiger partial charge is 0.244 e. The fraction of sp³-hybridized carbons (Fsp3) is 0.526. The van der Waals surface area contributed by atoms with Crippen molar-refractivity contribution in [3.63, 3.8) is 0 Å². The van der Waals surface area contributed by atoms with Crippen molar-refractivity contribution in [1.29, 1.82) is 5.26 Å². The average molecular weight is 407 g/mol. The van der Waals surface area contributed by atoms with Crippen molar-refractivity contribution >= 4 is 21.8 Å². The van der Waals surface area contributed by atoms with Gasteiger partial charge in [-0.3, -0.25) is 9.59 Å². The molecule has 8 nitrogen and oxygen atoms in total. The largest absolute Gasteiger partial charge is 0.352 e. The molecule has 0 aromatic heterocycles. The highest BCUT2D eigenvalue weighted by molar-refractivity contribution is 7.89. The predicted octanol–water partition coefficient (Wildman–Crippen LogP) is 0.942. The number of rotatable bonds is 6. The summed E-state index contributed by atoms with van der Waals surface area (Å²) in [5.41, 5.74) is 0.108. The van der Waals surface area contributed by atoms with E-state index >= 15 is 0 Å². The monoisotopic (exact) mass is 406 g/mol. The summed E-state index contributed by atoms with van der Waals surface area (Å²) in [5.74, 6) is -0.707. The van der Waals surface area contributed by atoms with Gasteiger partial charge < -0.3 is 10.2 Å². The highest BCUT2D eigenvalue weighted by atomic mass is 32.2. The number of hydrogen-bond donors (Lipinski definition) is 1. The van der Waals surface area contributed by atoms with Gasteiger partial charge in [0.25, 0.3) is 0 Å². The first-order valence-electron chi connectivity index (χ1n) is 9.20. The van der Waals surface area contributed by atoms with Crippen LogP contribution in [0.1, 0.15) is 32.3 Å². The zero-order chi connectivity index (χ0) is 20.9. The molecular formula is C19H26N4O4S. The average Bonchev–Trinajstić information content (AvgIpc) is 2.66. The maximum absolute atomic E-state index is 12.9. The predicted molar refractivity (Wildman–Crippen MR) is 104 cm³/mol. The summed E-state index contributed by atoms with van der Waals surface area (Å²) in [6.07, 6.45) is 0.756. The number of carbonyl (C=O) groups is 2. The van der Waals surface area contributed by atoms with Crippen molar-refractivity contribution in [3.05, 3.63) is 29.8 Å². The van der Waals surface area contributed by atoms with Gasteiger partial charge in [0.05, 0.1) is 17.0 Å². The lowest BCUT2D eigenvalue weighted by Gasteiger charge is -2.32. The summed E-state index contributed by atoms with van der Waals surface area (Å²) < 4.78 is 27.0. The lowest BCUT2D eigenvalue weighted by molar-refractivity contribution is -0.139. The zero-order valence-electron chi connectivity index (χ0n) is 16.4. The van der Waals surface area contributed by atoms with Crippen LogP contribution in [0.4, 0.5) is 0 Å². The van der Waals surface area contributed by atoms with Crippen LogP contribution >= 0.6 is 0 Å². The third-order valence-electron chi connectivity index (χ3n) is 4.64. The molecule has 0 radical (unpaired) electrons. The fourth-order valence-corrected chi connectivity index (χ4v) is 4.85. The third-order valence-corrected chi connectivity index (χ3v) is 6.59. The zero-order valence-corrected chi connectivity index (χ0v) is 17.2. The Bertz CT molecular complexity index is 868. The Morgan fingerprint density at radius 1 is 1.29 bits per heavy atom. The molecule has 1 aromatic carbocycles. The van der Waals surface area contributed by atoms with Gasteiger partial charge in [0.15, 0.2) is 0 Å². The van der Waals surface area contributed by atoms with Gasteiger partial charge in [-0.2, -0.15) is 9.57 Å². The number of carbonyl (C=O) groups excluding carboxylic acids is 2. The van der Waals surface area contributed by atoms with Crippen LogP contribution in [0.3, 0.4) is 0 Å². The second kappa shape index (κ2) is 9.17. The molecule has 0 unspecified atom stereocenters. The number of nitrogens with one attached hydrogen (secondary N) is 1. The van der Waals surface area contributed by atoms with E-state index < -0.39 is 10.0 Å². The SMILES string of the molecule is CC(C)NC(=O)CN(C)C(=O)C1CCN(S(=O)(=O)c2ccccc2C#N)CC1. The number of hydrogen-bond acceptors (Lipinski definition) is 5. The van der Waals surface area contributed by atoms with Crippen LogP contribution < -0.4 is 5.32 Å². The van der Waals surface area contributed by atoms with Gasteiger partial charge in [-0.1, -0.05) is 12.1 Å². The van der Waals surface area contributed by atoms with Crippen molar-refractivity contribution in [1.82, 2.24) is 14.5 Å². The van der Waals surface area contributed by atoms with Gasteiger partial charge in [0, 0.05) is 32.1 Å². The van der Waals surface area contributed by atoms with Gasteiger partial charge in [0.2, 0.25) is 21.8 Å². The number of likely N-dealkylation sites (N-methyl/N-ethyl adjacent to an activating group) is 1. The third kappa shape index (κ3) is 5.09. The molecule has 1 aromatic rings. The van der Waals surface area contributed by atoms with Crippen LogP contribution in [0, 0.1) is 17.2 Å². The van der Waals surface area contributed by atoms with E-state index in [-0.39, 0.29) is 53.9 Å². The van der Waals surface area contributed by atoms with E-state index in [1.807, 2.05) is 19.9 Å². The van der Waals surface area contributed by atoms with Crippen molar-refractivity contribution in [2.75, 3.05) is 26.7 Å². The van der Waals surface area contributed by atoms with Crippen LogP contribution in [-0.2, 0) is 19.6 Å². The molecule has 9 heteroatoms.